The number of fused-ring (bicyclic) bond motifs is 1. The van der Waals surface area contributed by atoms with Gasteiger partial charge in [0.25, 0.3) is 0 Å². The highest BCUT2D eigenvalue weighted by molar-refractivity contribution is 7.71. The summed E-state index contributed by atoms with van der Waals surface area (Å²) in [5.74, 6) is 0.475. The molecule has 1 aromatic heterocycles. The first-order valence-corrected chi connectivity index (χ1v) is 8.25. The Labute approximate surface area is 153 Å². The van der Waals surface area contributed by atoms with Crippen LogP contribution >= 0.6 is 12.2 Å². The van der Waals surface area contributed by atoms with Gasteiger partial charge in [-0.25, -0.2) is 5.10 Å². The summed E-state index contributed by atoms with van der Waals surface area (Å²) in [6.07, 6.45) is 1.46. The Bertz CT molecular complexity index is 1190. The summed E-state index contributed by atoms with van der Waals surface area (Å²) < 4.78 is 1.83. The average molecular weight is 362 g/mol. The molecule has 0 unspecified atom stereocenters. The number of phenols is 2. The van der Waals surface area contributed by atoms with Crippen LogP contribution in [0.3, 0.4) is 0 Å². The van der Waals surface area contributed by atoms with Gasteiger partial charge < -0.3 is 10.2 Å². The van der Waals surface area contributed by atoms with Crippen LogP contribution in [0.4, 0.5) is 0 Å². The van der Waals surface area contributed by atoms with E-state index in [9.17, 15) is 10.2 Å². The van der Waals surface area contributed by atoms with E-state index in [1.165, 1.54) is 23.0 Å². The first-order chi connectivity index (χ1) is 12.6. The van der Waals surface area contributed by atoms with Crippen LogP contribution in [0, 0.1) is 4.77 Å². The van der Waals surface area contributed by atoms with Crippen LogP contribution < -0.4 is 0 Å². The lowest BCUT2D eigenvalue weighted by Crippen LogP contribution is -1.95. The van der Waals surface area contributed by atoms with Crippen molar-refractivity contribution in [1.82, 2.24) is 14.9 Å². The lowest BCUT2D eigenvalue weighted by molar-refractivity contribution is 0.450. The highest BCUT2D eigenvalue weighted by Gasteiger charge is 2.09. The third-order valence-electron chi connectivity index (χ3n) is 3.98. The van der Waals surface area contributed by atoms with Crippen molar-refractivity contribution in [2.45, 2.75) is 0 Å². The average Bonchev–Trinajstić information content (AvgIpc) is 3.01. The van der Waals surface area contributed by atoms with Crippen LogP contribution in [0.2, 0.25) is 0 Å². The zero-order valence-electron chi connectivity index (χ0n) is 13.5. The maximum atomic E-state index is 9.88. The van der Waals surface area contributed by atoms with Crippen molar-refractivity contribution in [2.24, 2.45) is 5.10 Å². The predicted molar refractivity (Wildman–Crippen MR) is 103 cm³/mol. The third kappa shape index (κ3) is 2.96. The van der Waals surface area contributed by atoms with E-state index in [0.29, 0.717) is 16.2 Å². The summed E-state index contributed by atoms with van der Waals surface area (Å²) in [6.45, 7) is 0. The lowest BCUT2D eigenvalue weighted by Gasteiger charge is -2.04. The smallest absolute Gasteiger partial charge is 0.216 e. The Kier molecular flexibility index (Phi) is 3.98. The van der Waals surface area contributed by atoms with E-state index in [4.69, 9.17) is 12.2 Å². The third-order valence-corrected chi connectivity index (χ3v) is 4.25. The molecule has 128 valence electrons. The van der Waals surface area contributed by atoms with Gasteiger partial charge in [-0.1, -0.05) is 36.4 Å². The van der Waals surface area contributed by atoms with Gasteiger partial charge in [0.15, 0.2) is 5.82 Å². The Morgan fingerprint density at radius 3 is 2.62 bits per heavy atom. The molecule has 0 aliphatic heterocycles. The van der Waals surface area contributed by atoms with Crippen molar-refractivity contribution in [3.05, 3.63) is 71.0 Å². The summed E-state index contributed by atoms with van der Waals surface area (Å²) in [5, 5.41) is 32.8. The van der Waals surface area contributed by atoms with Crippen molar-refractivity contribution in [3.63, 3.8) is 0 Å². The first kappa shape index (κ1) is 16.0. The Morgan fingerprint density at radius 1 is 1.00 bits per heavy atom. The first-order valence-electron chi connectivity index (χ1n) is 7.85. The zero-order chi connectivity index (χ0) is 18.1. The molecule has 0 radical (unpaired) electrons. The van der Waals surface area contributed by atoms with E-state index < -0.39 is 0 Å². The number of aromatic nitrogens is 3. The van der Waals surface area contributed by atoms with Gasteiger partial charge in [0, 0.05) is 17.2 Å². The molecule has 3 N–H and O–H groups in total. The van der Waals surface area contributed by atoms with Crippen molar-refractivity contribution in [3.8, 4) is 22.9 Å². The van der Waals surface area contributed by atoms with Crippen LogP contribution in [-0.2, 0) is 0 Å². The monoisotopic (exact) mass is 362 g/mol. The Morgan fingerprint density at radius 2 is 1.81 bits per heavy atom. The molecule has 0 saturated heterocycles. The summed E-state index contributed by atoms with van der Waals surface area (Å²) in [5.41, 5.74) is 1.32. The van der Waals surface area contributed by atoms with Crippen molar-refractivity contribution in [2.75, 3.05) is 0 Å². The van der Waals surface area contributed by atoms with E-state index in [0.717, 1.165) is 16.3 Å². The fourth-order valence-electron chi connectivity index (χ4n) is 2.68. The molecular weight excluding hydrogens is 348 g/mol. The summed E-state index contributed by atoms with van der Waals surface area (Å²) in [6, 6.07) is 18.3. The van der Waals surface area contributed by atoms with Gasteiger partial charge >= 0.3 is 0 Å². The van der Waals surface area contributed by atoms with Gasteiger partial charge in [-0.2, -0.15) is 14.9 Å². The van der Waals surface area contributed by atoms with Gasteiger partial charge in [0.2, 0.25) is 4.77 Å². The van der Waals surface area contributed by atoms with Gasteiger partial charge in [0.1, 0.15) is 11.5 Å². The van der Waals surface area contributed by atoms with E-state index >= 15 is 0 Å². The van der Waals surface area contributed by atoms with E-state index in [1.807, 2.05) is 42.5 Å². The minimum absolute atomic E-state index is 0.0172. The highest BCUT2D eigenvalue weighted by atomic mass is 32.1. The molecule has 0 aliphatic rings. The van der Waals surface area contributed by atoms with E-state index in [2.05, 4.69) is 15.3 Å². The summed E-state index contributed by atoms with van der Waals surface area (Å²) in [4.78, 5) is 0. The van der Waals surface area contributed by atoms with Gasteiger partial charge in [0.05, 0.1) is 6.21 Å². The lowest BCUT2D eigenvalue weighted by atomic mass is 10.1. The van der Waals surface area contributed by atoms with Crippen LogP contribution in [-0.4, -0.2) is 31.3 Å². The largest absolute Gasteiger partial charge is 0.508 e. The number of hydrogen-bond donors (Lipinski definition) is 3. The van der Waals surface area contributed by atoms with Gasteiger partial charge in [-0.15, -0.1) is 0 Å². The normalized spacial score (nSPS) is 11.4. The second-order valence-corrected chi connectivity index (χ2v) is 6.10. The van der Waals surface area contributed by atoms with Crippen molar-refractivity contribution < 1.29 is 10.2 Å². The maximum absolute atomic E-state index is 9.88. The highest BCUT2D eigenvalue weighted by Crippen LogP contribution is 2.24. The van der Waals surface area contributed by atoms with Crippen molar-refractivity contribution in [1.29, 1.82) is 0 Å². The van der Waals surface area contributed by atoms with Gasteiger partial charge in [-0.3, -0.25) is 0 Å². The van der Waals surface area contributed by atoms with Crippen molar-refractivity contribution >= 4 is 29.2 Å². The molecule has 7 heteroatoms. The molecule has 4 aromatic rings. The second kappa shape index (κ2) is 6.45. The summed E-state index contributed by atoms with van der Waals surface area (Å²) in [7, 11) is 0. The van der Waals surface area contributed by atoms with Crippen LogP contribution in [0.1, 0.15) is 5.56 Å². The van der Waals surface area contributed by atoms with Crippen LogP contribution in [0.5, 0.6) is 11.5 Å². The Balaban J connectivity index is 1.77. The predicted octanol–water partition coefficient (Wildman–Crippen LogP) is 4.05. The molecule has 1 heterocycles. The molecule has 0 spiro atoms. The molecule has 0 saturated carbocycles. The van der Waals surface area contributed by atoms with Gasteiger partial charge in [-0.05, 0) is 41.2 Å². The number of nitrogens with one attached hydrogen (secondary N) is 1. The fourth-order valence-corrected chi connectivity index (χ4v) is 2.85. The Hall–Kier alpha value is -3.45. The SMILES string of the molecule is Oc1ccc(/C=N/n2c(-c3ccc4ccccc4c3)n[nH]c2=S)c(O)c1. The molecule has 6 nitrogen and oxygen atoms in total. The number of nitrogens with zero attached hydrogens (tertiary/aromatic N) is 3. The zero-order valence-corrected chi connectivity index (χ0v) is 14.3. The molecule has 26 heavy (non-hydrogen) atoms. The molecule has 0 fully saturated rings. The van der Waals surface area contributed by atoms with E-state index in [-0.39, 0.29) is 11.5 Å². The number of aromatic amines is 1. The molecule has 0 aliphatic carbocycles. The molecule has 0 atom stereocenters. The van der Waals surface area contributed by atoms with E-state index in [1.54, 1.807) is 6.07 Å². The number of rotatable bonds is 3. The van der Waals surface area contributed by atoms with Crippen LogP contribution in [0.15, 0.2) is 65.8 Å². The standard InChI is InChI=1S/C19H14N4O2S/c24-16-8-7-15(17(25)10-16)11-20-23-18(21-22-19(23)26)14-6-5-12-3-1-2-4-13(12)9-14/h1-11,24-25H,(H,22,26)/b20-11+. The molecule has 0 amide bonds. The number of benzene rings is 3. The summed E-state index contributed by atoms with van der Waals surface area (Å²) >= 11 is 5.27. The molecule has 0 bridgehead atoms. The molecular formula is C19H14N4O2S. The minimum atomic E-state index is -0.0731. The molecule has 4 rings (SSSR count). The number of H-pyrrole nitrogens is 1. The number of aromatic hydroxyl groups is 2. The fraction of sp³-hybridized carbons (Fsp3) is 0. The minimum Gasteiger partial charge on any atom is -0.508 e. The topological polar surface area (TPSA) is 86.4 Å². The second-order valence-electron chi connectivity index (χ2n) is 5.71. The number of hydrogen-bond acceptors (Lipinski definition) is 5. The number of phenolic OH excluding ortho intramolecular Hbond substituents is 2. The maximum Gasteiger partial charge on any atom is 0.216 e. The van der Waals surface area contributed by atoms with Crippen LogP contribution in [0.25, 0.3) is 22.2 Å². The quantitative estimate of drug-likeness (QED) is 0.379. The molecule has 3 aromatic carbocycles.